The normalized spacial score (nSPS) is 12.7. The van der Waals surface area contributed by atoms with Crippen molar-refractivity contribution in [1.29, 1.82) is 0 Å². The largest absolute Gasteiger partial charge is 0.396 e. The zero-order valence-corrected chi connectivity index (χ0v) is 10.8. The molecule has 0 atom stereocenters. The molecule has 10 heteroatoms. The summed E-state index contributed by atoms with van der Waals surface area (Å²) in [5, 5.41) is -0.143. The highest BCUT2D eigenvalue weighted by Crippen LogP contribution is 2.25. The van der Waals surface area contributed by atoms with Crippen LogP contribution in [-0.2, 0) is 10.0 Å². The number of nitrogen functional groups attached to an aromatic ring is 1. The highest BCUT2D eigenvalue weighted by Gasteiger charge is 2.28. The van der Waals surface area contributed by atoms with Crippen molar-refractivity contribution in [1.82, 2.24) is 4.72 Å². The van der Waals surface area contributed by atoms with Crippen molar-refractivity contribution in [2.24, 2.45) is 0 Å². The fraction of sp³-hybridized carbons (Fsp3) is 0.333. The molecule has 4 nitrogen and oxygen atoms in total. The van der Waals surface area contributed by atoms with Gasteiger partial charge in [0.05, 0.1) is 12.1 Å². The van der Waals surface area contributed by atoms with Gasteiger partial charge in [-0.15, -0.1) is 0 Å². The summed E-state index contributed by atoms with van der Waals surface area (Å²) in [6, 6.07) is 1.76. The molecule has 0 aliphatic rings. The Morgan fingerprint density at radius 2 is 1.89 bits per heavy atom. The van der Waals surface area contributed by atoms with Gasteiger partial charge in [-0.3, -0.25) is 0 Å². The lowest BCUT2D eigenvalue weighted by Gasteiger charge is -2.10. The number of anilines is 1. The van der Waals surface area contributed by atoms with Crippen molar-refractivity contribution in [2.45, 2.75) is 17.5 Å². The predicted octanol–water partition coefficient (Wildman–Crippen LogP) is 2.29. The van der Waals surface area contributed by atoms with Crippen molar-refractivity contribution >= 4 is 27.3 Å². The Balaban J connectivity index is 2.95. The summed E-state index contributed by atoms with van der Waals surface area (Å²) < 4.78 is 74.0. The monoisotopic (exact) mass is 320 g/mol. The van der Waals surface area contributed by atoms with Crippen molar-refractivity contribution in [3.8, 4) is 0 Å². The SMILES string of the molecule is Nc1cc(Cl)cc(S(=O)(=O)NCCC(F)(F)F)c1F. The molecule has 108 valence electrons. The van der Waals surface area contributed by atoms with Crippen LogP contribution in [0, 0.1) is 5.82 Å². The molecule has 1 aromatic carbocycles. The van der Waals surface area contributed by atoms with Gasteiger partial charge in [0.2, 0.25) is 10.0 Å². The third-order valence-corrected chi connectivity index (χ3v) is 3.70. The number of rotatable bonds is 4. The lowest BCUT2D eigenvalue weighted by atomic mass is 10.3. The van der Waals surface area contributed by atoms with Crippen LogP contribution < -0.4 is 10.5 Å². The quantitative estimate of drug-likeness (QED) is 0.660. The minimum atomic E-state index is -4.52. The maximum absolute atomic E-state index is 13.5. The second-order valence-electron chi connectivity index (χ2n) is 3.57. The highest BCUT2D eigenvalue weighted by atomic mass is 35.5. The molecule has 1 aromatic rings. The summed E-state index contributed by atoms with van der Waals surface area (Å²) >= 11 is 5.52. The van der Waals surface area contributed by atoms with E-state index in [0.717, 1.165) is 12.1 Å². The molecule has 0 aromatic heterocycles. The molecule has 0 radical (unpaired) electrons. The fourth-order valence-electron chi connectivity index (χ4n) is 1.18. The standard InChI is InChI=1S/C9H9ClF4N2O2S/c10-5-3-6(15)8(11)7(4-5)19(17,18)16-2-1-9(12,13)14/h3-4,16H,1-2,15H2. The first-order chi connectivity index (χ1) is 8.53. The van der Waals surface area contributed by atoms with Crippen molar-refractivity contribution in [3.05, 3.63) is 23.0 Å². The number of nitrogens with two attached hydrogens (primary N) is 1. The molecule has 0 saturated carbocycles. The second kappa shape index (κ2) is 5.51. The van der Waals surface area contributed by atoms with E-state index in [1.807, 2.05) is 0 Å². The summed E-state index contributed by atoms with van der Waals surface area (Å²) in [5.74, 6) is -1.26. The fourth-order valence-corrected chi connectivity index (χ4v) is 2.64. The maximum atomic E-state index is 13.5. The van der Waals surface area contributed by atoms with Crippen LogP contribution in [0.5, 0.6) is 0 Å². The summed E-state index contributed by atoms with van der Waals surface area (Å²) in [4.78, 5) is -0.889. The molecule has 0 heterocycles. The van der Waals surface area contributed by atoms with Gasteiger partial charge in [-0.25, -0.2) is 17.5 Å². The van der Waals surface area contributed by atoms with E-state index >= 15 is 0 Å². The first-order valence-electron chi connectivity index (χ1n) is 4.84. The molecule has 0 bridgehead atoms. The average Bonchev–Trinajstić information content (AvgIpc) is 2.20. The van der Waals surface area contributed by atoms with E-state index in [1.54, 1.807) is 4.72 Å². The van der Waals surface area contributed by atoms with Crippen LogP contribution >= 0.6 is 11.6 Å². The summed E-state index contributed by atoms with van der Waals surface area (Å²) in [6.07, 6.45) is -5.89. The van der Waals surface area contributed by atoms with Gasteiger partial charge in [0.15, 0.2) is 5.82 Å². The van der Waals surface area contributed by atoms with Crippen molar-refractivity contribution in [2.75, 3.05) is 12.3 Å². The first kappa shape index (κ1) is 16.0. The Labute approximate surface area is 111 Å². The smallest absolute Gasteiger partial charge is 0.390 e. The molecule has 0 aliphatic carbocycles. The van der Waals surface area contributed by atoms with Gasteiger partial charge in [-0.05, 0) is 12.1 Å². The van der Waals surface area contributed by atoms with Gasteiger partial charge < -0.3 is 5.73 Å². The second-order valence-corrected chi connectivity index (χ2v) is 5.74. The first-order valence-corrected chi connectivity index (χ1v) is 6.70. The molecule has 1 rings (SSSR count). The molecular formula is C9H9ClF4N2O2S. The molecule has 0 spiro atoms. The number of alkyl halides is 3. The van der Waals surface area contributed by atoms with Crippen LogP contribution in [0.25, 0.3) is 0 Å². The minimum absolute atomic E-state index is 0.143. The lowest BCUT2D eigenvalue weighted by Crippen LogP contribution is -2.29. The van der Waals surface area contributed by atoms with Crippen LogP contribution in [0.2, 0.25) is 5.02 Å². The molecule has 0 fully saturated rings. The topological polar surface area (TPSA) is 72.2 Å². The van der Waals surface area contributed by atoms with Crippen LogP contribution in [-0.4, -0.2) is 21.1 Å². The van der Waals surface area contributed by atoms with Gasteiger partial charge >= 0.3 is 6.18 Å². The Hall–Kier alpha value is -1.06. The summed E-state index contributed by atoms with van der Waals surface area (Å²) in [5.41, 5.74) is 4.67. The number of halogens is 5. The zero-order chi connectivity index (χ0) is 14.8. The number of nitrogens with one attached hydrogen (secondary N) is 1. The number of hydrogen-bond acceptors (Lipinski definition) is 3. The molecule has 0 saturated heterocycles. The third kappa shape index (κ3) is 4.51. The Kier molecular flexibility index (Phi) is 4.64. The Bertz CT molecular complexity index is 574. The van der Waals surface area contributed by atoms with Crippen LogP contribution in [0.15, 0.2) is 17.0 Å². The lowest BCUT2D eigenvalue weighted by molar-refractivity contribution is -0.132. The van der Waals surface area contributed by atoms with Crippen LogP contribution in [0.3, 0.4) is 0 Å². The number of sulfonamides is 1. The van der Waals surface area contributed by atoms with Crippen molar-refractivity contribution in [3.63, 3.8) is 0 Å². The molecule has 19 heavy (non-hydrogen) atoms. The van der Waals surface area contributed by atoms with Gasteiger partial charge in [0.1, 0.15) is 4.90 Å². The van der Waals surface area contributed by atoms with Crippen LogP contribution in [0.1, 0.15) is 6.42 Å². The number of benzene rings is 1. The molecule has 3 N–H and O–H groups in total. The van der Waals surface area contributed by atoms with E-state index in [0.29, 0.717) is 0 Å². The Morgan fingerprint density at radius 3 is 2.42 bits per heavy atom. The Morgan fingerprint density at radius 1 is 1.32 bits per heavy atom. The van der Waals surface area contributed by atoms with E-state index in [4.69, 9.17) is 17.3 Å². The van der Waals surface area contributed by atoms with Gasteiger partial charge in [-0.1, -0.05) is 11.6 Å². The minimum Gasteiger partial charge on any atom is -0.396 e. The number of hydrogen-bond donors (Lipinski definition) is 2. The molecule has 0 unspecified atom stereocenters. The average molecular weight is 321 g/mol. The van der Waals surface area contributed by atoms with Crippen molar-refractivity contribution < 1.29 is 26.0 Å². The zero-order valence-electron chi connectivity index (χ0n) is 9.26. The summed E-state index contributed by atoms with van der Waals surface area (Å²) in [6.45, 7) is -0.905. The van der Waals surface area contributed by atoms with Gasteiger partial charge in [0.25, 0.3) is 0 Å². The van der Waals surface area contributed by atoms with Gasteiger partial charge in [-0.2, -0.15) is 13.2 Å². The third-order valence-electron chi connectivity index (χ3n) is 2.02. The van der Waals surface area contributed by atoms with E-state index in [9.17, 15) is 26.0 Å². The maximum Gasteiger partial charge on any atom is 0.390 e. The van der Waals surface area contributed by atoms with E-state index in [2.05, 4.69) is 0 Å². The van der Waals surface area contributed by atoms with E-state index in [-0.39, 0.29) is 5.02 Å². The molecule has 0 amide bonds. The predicted molar refractivity (Wildman–Crippen MR) is 61.7 cm³/mol. The van der Waals surface area contributed by atoms with Gasteiger partial charge in [0, 0.05) is 11.6 Å². The van der Waals surface area contributed by atoms with Crippen LogP contribution in [0.4, 0.5) is 23.2 Å². The highest BCUT2D eigenvalue weighted by molar-refractivity contribution is 7.89. The summed E-state index contributed by atoms with van der Waals surface area (Å²) in [7, 11) is -4.45. The van der Waals surface area contributed by atoms with E-state index in [1.165, 1.54) is 0 Å². The molecular weight excluding hydrogens is 312 g/mol. The van der Waals surface area contributed by atoms with E-state index < -0.39 is 45.6 Å². The molecule has 0 aliphatic heterocycles.